The maximum absolute atomic E-state index is 10.7. The van der Waals surface area contributed by atoms with Gasteiger partial charge in [-0.2, -0.15) is 0 Å². The number of tetrazole rings is 1. The Morgan fingerprint density at radius 1 is 1.67 bits per heavy atom. The van der Waals surface area contributed by atoms with Crippen molar-refractivity contribution in [3.05, 3.63) is 6.33 Å². The van der Waals surface area contributed by atoms with Crippen LogP contribution < -0.4 is 0 Å². The van der Waals surface area contributed by atoms with Crippen LogP contribution in [0.1, 0.15) is 13.8 Å². The largest absolute Gasteiger partial charge is 0.481 e. The van der Waals surface area contributed by atoms with Gasteiger partial charge in [0, 0.05) is 0 Å². The Balaban J connectivity index is 2.69. The summed E-state index contributed by atoms with van der Waals surface area (Å²) in [5, 5.41) is 19.1. The Hall–Kier alpha value is -1.46. The van der Waals surface area contributed by atoms with Gasteiger partial charge in [0.05, 0.1) is 12.0 Å². The van der Waals surface area contributed by atoms with E-state index < -0.39 is 11.4 Å². The molecule has 0 radical (unpaired) electrons. The van der Waals surface area contributed by atoms with Crippen LogP contribution >= 0.6 is 0 Å². The van der Waals surface area contributed by atoms with Crippen molar-refractivity contribution < 1.29 is 9.90 Å². The summed E-state index contributed by atoms with van der Waals surface area (Å²) in [6.45, 7) is 3.52. The molecule has 1 aromatic rings. The van der Waals surface area contributed by atoms with Gasteiger partial charge in [-0.15, -0.1) is 5.10 Å². The molecule has 0 saturated heterocycles. The molecule has 0 aliphatic rings. The lowest BCUT2D eigenvalue weighted by Gasteiger charge is -2.17. The maximum Gasteiger partial charge on any atom is 0.310 e. The molecule has 0 amide bonds. The molecule has 0 unspecified atom stereocenters. The van der Waals surface area contributed by atoms with E-state index in [9.17, 15) is 4.79 Å². The minimum Gasteiger partial charge on any atom is -0.481 e. The summed E-state index contributed by atoms with van der Waals surface area (Å²) in [7, 11) is 0. The predicted octanol–water partition coefficient (Wildman–Crippen LogP) is -0.216. The van der Waals surface area contributed by atoms with E-state index in [1.807, 2.05) is 0 Å². The van der Waals surface area contributed by atoms with E-state index in [4.69, 9.17) is 5.11 Å². The maximum atomic E-state index is 10.7. The summed E-state index contributed by atoms with van der Waals surface area (Å²) in [5.41, 5.74) is -0.838. The lowest BCUT2D eigenvalue weighted by Crippen LogP contribution is -2.29. The minimum atomic E-state index is -0.863. The Bertz CT molecular complexity index is 267. The van der Waals surface area contributed by atoms with E-state index in [0.717, 1.165) is 0 Å². The number of carboxylic acids is 1. The molecule has 0 saturated carbocycles. The van der Waals surface area contributed by atoms with Crippen molar-refractivity contribution >= 4 is 5.97 Å². The monoisotopic (exact) mass is 170 g/mol. The van der Waals surface area contributed by atoms with Crippen LogP contribution in [0.25, 0.3) is 0 Å². The van der Waals surface area contributed by atoms with E-state index in [0.29, 0.717) is 0 Å². The summed E-state index contributed by atoms with van der Waals surface area (Å²) < 4.78 is 1.40. The van der Waals surface area contributed by atoms with Crippen LogP contribution in [0.4, 0.5) is 0 Å². The molecule has 12 heavy (non-hydrogen) atoms. The second-order valence-corrected chi connectivity index (χ2v) is 3.20. The number of rotatable bonds is 3. The number of aliphatic carboxylic acids is 1. The molecule has 0 bridgehead atoms. The number of hydrogen-bond acceptors (Lipinski definition) is 4. The van der Waals surface area contributed by atoms with Gasteiger partial charge in [-0.1, -0.05) is 0 Å². The van der Waals surface area contributed by atoms with Gasteiger partial charge >= 0.3 is 5.97 Å². The molecule has 6 heteroatoms. The highest BCUT2D eigenvalue weighted by Gasteiger charge is 2.27. The fourth-order valence-electron chi connectivity index (χ4n) is 0.725. The zero-order valence-electron chi connectivity index (χ0n) is 6.93. The van der Waals surface area contributed by atoms with Crippen molar-refractivity contribution in [2.75, 3.05) is 0 Å². The first-order valence-electron chi connectivity index (χ1n) is 3.46. The van der Waals surface area contributed by atoms with Crippen LogP contribution in [0.5, 0.6) is 0 Å². The standard InChI is InChI=1S/C6H10N4O2/c1-6(2,5(11)12)3-10-4-7-8-9-10/h4H,3H2,1-2H3,(H,11,12). The molecule has 1 rings (SSSR count). The average molecular weight is 170 g/mol. The molecule has 1 N–H and O–H groups in total. The quantitative estimate of drug-likeness (QED) is 0.678. The lowest BCUT2D eigenvalue weighted by atomic mass is 9.94. The number of hydrogen-bond donors (Lipinski definition) is 1. The van der Waals surface area contributed by atoms with Gasteiger partial charge in [-0.25, -0.2) is 4.68 Å². The Morgan fingerprint density at radius 2 is 2.33 bits per heavy atom. The minimum absolute atomic E-state index is 0.273. The highest BCUT2D eigenvalue weighted by molar-refractivity contribution is 5.73. The van der Waals surface area contributed by atoms with Gasteiger partial charge < -0.3 is 5.11 Å². The van der Waals surface area contributed by atoms with Crippen molar-refractivity contribution in [1.29, 1.82) is 0 Å². The number of aromatic nitrogens is 4. The number of carbonyl (C=O) groups is 1. The van der Waals surface area contributed by atoms with Gasteiger partial charge in [-0.3, -0.25) is 4.79 Å². The number of nitrogens with zero attached hydrogens (tertiary/aromatic N) is 4. The van der Waals surface area contributed by atoms with Gasteiger partial charge in [0.1, 0.15) is 6.33 Å². The second kappa shape index (κ2) is 2.88. The van der Waals surface area contributed by atoms with Crippen LogP contribution in [0.15, 0.2) is 6.33 Å². The van der Waals surface area contributed by atoms with Crippen LogP contribution in [0.2, 0.25) is 0 Å². The van der Waals surface area contributed by atoms with Gasteiger partial charge in [0.15, 0.2) is 0 Å². The summed E-state index contributed by atoms with van der Waals surface area (Å²) in [6, 6.07) is 0. The average Bonchev–Trinajstić information content (AvgIpc) is 2.38. The van der Waals surface area contributed by atoms with Crippen molar-refractivity contribution in [2.24, 2.45) is 5.41 Å². The lowest BCUT2D eigenvalue weighted by molar-refractivity contribution is -0.147. The fourth-order valence-corrected chi connectivity index (χ4v) is 0.725. The zero-order valence-corrected chi connectivity index (χ0v) is 6.93. The van der Waals surface area contributed by atoms with Crippen molar-refractivity contribution in [2.45, 2.75) is 20.4 Å². The second-order valence-electron chi connectivity index (χ2n) is 3.20. The van der Waals surface area contributed by atoms with Crippen molar-refractivity contribution in [3.8, 4) is 0 Å². The van der Waals surface area contributed by atoms with E-state index in [-0.39, 0.29) is 6.54 Å². The summed E-state index contributed by atoms with van der Waals surface area (Å²) >= 11 is 0. The molecule has 6 nitrogen and oxygen atoms in total. The molecule has 0 spiro atoms. The van der Waals surface area contributed by atoms with Gasteiger partial charge in [0.2, 0.25) is 0 Å². The molecular formula is C6H10N4O2. The molecule has 0 aliphatic heterocycles. The highest BCUT2D eigenvalue weighted by atomic mass is 16.4. The molecule has 0 atom stereocenters. The summed E-state index contributed by atoms with van der Waals surface area (Å²) in [5.74, 6) is -0.863. The van der Waals surface area contributed by atoms with Crippen LogP contribution in [-0.2, 0) is 11.3 Å². The third-order valence-corrected chi connectivity index (χ3v) is 1.53. The smallest absolute Gasteiger partial charge is 0.310 e. The summed E-state index contributed by atoms with van der Waals surface area (Å²) in [4.78, 5) is 10.7. The Morgan fingerprint density at radius 3 is 2.75 bits per heavy atom. The van der Waals surface area contributed by atoms with E-state index >= 15 is 0 Å². The normalized spacial score (nSPS) is 11.5. The molecule has 0 fully saturated rings. The first-order chi connectivity index (χ1) is 5.52. The topological polar surface area (TPSA) is 80.9 Å². The molecule has 66 valence electrons. The molecule has 1 heterocycles. The first-order valence-corrected chi connectivity index (χ1v) is 3.46. The van der Waals surface area contributed by atoms with E-state index in [1.54, 1.807) is 13.8 Å². The molecule has 0 aliphatic carbocycles. The molecule has 1 aromatic heterocycles. The van der Waals surface area contributed by atoms with Crippen molar-refractivity contribution in [1.82, 2.24) is 20.2 Å². The van der Waals surface area contributed by atoms with Crippen LogP contribution in [0, 0.1) is 5.41 Å². The van der Waals surface area contributed by atoms with Gasteiger partial charge in [-0.05, 0) is 24.3 Å². The number of carboxylic acid groups (broad SMARTS) is 1. The molecular weight excluding hydrogens is 160 g/mol. The Kier molecular flexibility index (Phi) is 2.07. The molecule has 0 aromatic carbocycles. The van der Waals surface area contributed by atoms with E-state index in [2.05, 4.69) is 15.5 Å². The van der Waals surface area contributed by atoms with E-state index in [1.165, 1.54) is 11.0 Å². The Labute approximate surface area is 69.2 Å². The first kappa shape index (κ1) is 8.63. The third-order valence-electron chi connectivity index (χ3n) is 1.53. The third kappa shape index (κ3) is 1.77. The fraction of sp³-hybridized carbons (Fsp3) is 0.667. The van der Waals surface area contributed by atoms with Crippen LogP contribution in [0.3, 0.4) is 0 Å². The van der Waals surface area contributed by atoms with Crippen LogP contribution in [-0.4, -0.2) is 31.3 Å². The van der Waals surface area contributed by atoms with Crippen molar-refractivity contribution in [3.63, 3.8) is 0 Å². The van der Waals surface area contributed by atoms with Gasteiger partial charge in [0.25, 0.3) is 0 Å². The highest BCUT2D eigenvalue weighted by Crippen LogP contribution is 2.16. The predicted molar refractivity (Wildman–Crippen MR) is 39.2 cm³/mol. The summed E-state index contributed by atoms with van der Waals surface area (Å²) in [6.07, 6.45) is 1.39. The SMILES string of the molecule is CC(C)(Cn1cnnn1)C(=O)O. The zero-order chi connectivity index (χ0) is 9.19.